The van der Waals surface area contributed by atoms with Crippen molar-refractivity contribution in [3.63, 3.8) is 0 Å². The summed E-state index contributed by atoms with van der Waals surface area (Å²) in [6.45, 7) is 3.20. The van der Waals surface area contributed by atoms with Gasteiger partial charge in [-0.2, -0.15) is 0 Å². The molecule has 1 aromatic heterocycles. The van der Waals surface area contributed by atoms with Crippen molar-refractivity contribution < 1.29 is 0 Å². The topological polar surface area (TPSA) is 16.1 Å². The summed E-state index contributed by atoms with van der Waals surface area (Å²) in [4.78, 5) is 6.97. The van der Waals surface area contributed by atoms with Gasteiger partial charge in [-0.3, -0.25) is 0 Å². The quantitative estimate of drug-likeness (QED) is 0.767. The van der Waals surface area contributed by atoms with Crippen LogP contribution in [-0.2, 0) is 5.88 Å². The number of nitrogens with zero attached hydrogens (tertiary/aromatic N) is 2. The molecule has 1 fully saturated rings. The van der Waals surface area contributed by atoms with Crippen LogP contribution in [0.1, 0.15) is 38.2 Å². The van der Waals surface area contributed by atoms with E-state index in [0.717, 1.165) is 22.4 Å². The second-order valence-electron chi connectivity index (χ2n) is 4.49. The zero-order chi connectivity index (χ0) is 12.3. The van der Waals surface area contributed by atoms with Gasteiger partial charge >= 0.3 is 0 Å². The fourth-order valence-electron chi connectivity index (χ4n) is 2.63. The van der Waals surface area contributed by atoms with E-state index in [-0.39, 0.29) is 0 Å². The van der Waals surface area contributed by atoms with Gasteiger partial charge in [-0.25, -0.2) is 4.98 Å². The van der Waals surface area contributed by atoms with Crippen LogP contribution in [0.3, 0.4) is 0 Å². The molecule has 0 spiro atoms. The standard InChI is InChI=1S/C13H18BrClN2/c1-2-17(12-5-3-4-6-12)13-10(8-15)7-11(14)9-16-13/h7,9,12H,2-6,8H2,1H3. The molecule has 0 unspecified atom stereocenters. The number of halogens is 2. The summed E-state index contributed by atoms with van der Waals surface area (Å²) in [7, 11) is 0. The number of hydrogen-bond acceptors (Lipinski definition) is 2. The highest BCUT2D eigenvalue weighted by Crippen LogP contribution is 2.30. The van der Waals surface area contributed by atoms with Crippen LogP contribution in [0.15, 0.2) is 16.7 Å². The Labute approximate surface area is 116 Å². The summed E-state index contributed by atoms with van der Waals surface area (Å²) in [5.74, 6) is 1.59. The molecular formula is C13H18BrClN2. The van der Waals surface area contributed by atoms with E-state index in [1.54, 1.807) is 0 Å². The minimum Gasteiger partial charge on any atom is -0.354 e. The lowest BCUT2D eigenvalue weighted by molar-refractivity contribution is 0.611. The van der Waals surface area contributed by atoms with E-state index in [9.17, 15) is 0 Å². The first-order valence-electron chi connectivity index (χ1n) is 6.23. The largest absolute Gasteiger partial charge is 0.354 e. The minimum absolute atomic E-state index is 0.519. The number of alkyl halides is 1. The molecule has 1 aromatic rings. The second-order valence-corrected chi connectivity index (χ2v) is 5.68. The van der Waals surface area contributed by atoms with E-state index in [1.165, 1.54) is 25.7 Å². The fraction of sp³-hybridized carbons (Fsp3) is 0.615. The third-order valence-corrected chi connectivity index (χ3v) is 4.15. The monoisotopic (exact) mass is 316 g/mol. The molecule has 0 radical (unpaired) electrons. The van der Waals surface area contributed by atoms with Crippen molar-refractivity contribution in [2.45, 2.75) is 44.5 Å². The summed E-state index contributed by atoms with van der Waals surface area (Å²) in [5.41, 5.74) is 1.12. The van der Waals surface area contributed by atoms with Crippen molar-refractivity contribution >= 4 is 33.3 Å². The van der Waals surface area contributed by atoms with Crippen LogP contribution in [0.25, 0.3) is 0 Å². The maximum atomic E-state index is 6.02. The van der Waals surface area contributed by atoms with Crippen molar-refractivity contribution in [1.82, 2.24) is 4.98 Å². The Kier molecular flexibility index (Phi) is 4.69. The average molecular weight is 318 g/mol. The Morgan fingerprint density at radius 1 is 1.47 bits per heavy atom. The van der Waals surface area contributed by atoms with Gasteiger partial charge in [-0.05, 0) is 41.8 Å². The van der Waals surface area contributed by atoms with Gasteiger partial charge in [0.2, 0.25) is 0 Å². The lowest BCUT2D eigenvalue weighted by Gasteiger charge is -2.30. The van der Waals surface area contributed by atoms with E-state index in [1.807, 2.05) is 6.20 Å². The second kappa shape index (κ2) is 6.05. The summed E-state index contributed by atoms with van der Waals surface area (Å²) < 4.78 is 0.999. The van der Waals surface area contributed by atoms with Crippen molar-refractivity contribution in [3.05, 3.63) is 22.3 Å². The van der Waals surface area contributed by atoms with Crippen LogP contribution in [0.5, 0.6) is 0 Å². The smallest absolute Gasteiger partial charge is 0.133 e. The highest BCUT2D eigenvalue weighted by atomic mass is 79.9. The molecule has 2 nitrogen and oxygen atoms in total. The van der Waals surface area contributed by atoms with Gasteiger partial charge in [0.15, 0.2) is 0 Å². The molecule has 0 atom stereocenters. The van der Waals surface area contributed by atoms with Crippen molar-refractivity contribution in [2.24, 2.45) is 0 Å². The van der Waals surface area contributed by atoms with Crippen LogP contribution in [0.4, 0.5) is 5.82 Å². The fourth-order valence-corrected chi connectivity index (χ4v) is 3.20. The maximum Gasteiger partial charge on any atom is 0.133 e. The van der Waals surface area contributed by atoms with E-state index < -0.39 is 0 Å². The van der Waals surface area contributed by atoms with Crippen LogP contribution in [0.2, 0.25) is 0 Å². The predicted octanol–water partition coefficient (Wildman–Crippen LogP) is 4.35. The first-order valence-corrected chi connectivity index (χ1v) is 7.56. The molecule has 0 aliphatic heterocycles. The van der Waals surface area contributed by atoms with E-state index in [0.29, 0.717) is 11.9 Å². The molecule has 94 valence electrons. The lowest BCUT2D eigenvalue weighted by atomic mass is 10.2. The van der Waals surface area contributed by atoms with E-state index in [4.69, 9.17) is 11.6 Å². The predicted molar refractivity (Wildman–Crippen MR) is 76.8 cm³/mol. The molecule has 1 aliphatic carbocycles. The Bertz CT molecular complexity index is 378. The molecular weight excluding hydrogens is 300 g/mol. The summed E-state index contributed by atoms with van der Waals surface area (Å²) in [5, 5.41) is 0. The molecule has 0 saturated heterocycles. The highest BCUT2D eigenvalue weighted by Gasteiger charge is 2.24. The van der Waals surface area contributed by atoms with Crippen LogP contribution >= 0.6 is 27.5 Å². The van der Waals surface area contributed by atoms with Crippen molar-refractivity contribution in [2.75, 3.05) is 11.4 Å². The SMILES string of the molecule is CCN(c1ncc(Br)cc1CCl)C1CCCC1. The van der Waals surface area contributed by atoms with E-state index >= 15 is 0 Å². The van der Waals surface area contributed by atoms with E-state index in [2.05, 4.69) is 38.8 Å². The normalized spacial score (nSPS) is 16.4. The van der Waals surface area contributed by atoms with Gasteiger partial charge in [-0.15, -0.1) is 11.6 Å². The maximum absolute atomic E-state index is 6.02. The third-order valence-electron chi connectivity index (χ3n) is 3.43. The Morgan fingerprint density at radius 2 is 2.18 bits per heavy atom. The average Bonchev–Trinajstić information content (AvgIpc) is 2.85. The molecule has 0 N–H and O–H groups in total. The summed E-state index contributed by atoms with van der Waals surface area (Å²) in [6.07, 6.45) is 7.12. The van der Waals surface area contributed by atoms with Gasteiger partial charge in [-0.1, -0.05) is 12.8 Å². The molecule has 0 aromatic carbocycles. The molecule has 1 saturated carbocycles. The van der Waals surface area contributed by atoms with Crippen LogP contribution in [-0.4, -0.2) is 17.6 Å². The number of hydrogen-bond donors (Lipinski definition) is 0. The van der Waals surface area contributed by atoms with Crippen molar-refractivity contribution in [3.8, 4) is 0 Å². The first kappa shape index (κ1) is 13.2. The van der Waals surface area contributed by atoms with Gasteiger partial charge in [0, 0.05) is 28.8 Å². The van der Waals surface area contributed by atoms with Gasteiger partial charge in [0.1, 0.15) is 5.82 Å². The minimum atomic E-state index is 0.519. The number of rotatable bonds is 4. The molecule has 1 aliphatic rings. The zero-order valence-corrected chi connectivity index (χ0v) is 12.5. The number of aromatic nitrogens is 1. The Balaban J connectivity index is 2.29. The van der Waals surface area contributed by atoms with Crippen molar-refractivity contribution in [1.29, 1.82) is 0 Å². The molecule has 4 heteroatoms. The van der Waals surface area contributed by atoms with Crippen LogP contribution in [0, 0.1) is 0 Å². The third kappa shape index (κ3) is 2.94. The molecule has 1 heterocycles. The van der Waals surface area contributed by atoms with Crippen LogP contribution < -0.4 is 4.90 Å². The Morgan fingerprint density at radius 3 is 2.76 bits per heavy atom. The summed E-state index contributed by atoms with van der Waals surface area (Å²) >= 11 is 9.48. The number of anilines is 1. The highest BCUT2D eigenvalue weighted by molar-refractivity contribution is 9.10. The lowest BCUT2D eigenvalue weighted by Crippen LogP contribution is -2.34. The molecule has 0 amide bonds. The van der Waals surface area contributed by atoms with Gasteiger partial charge in [0.25, 0.3) is 0 Å². The first-order chi connectivity index (χ1) is 8.26. The molecule has 0 bridgehead atoms. The van der Waals surface area contributed by atoms with Gasteiger partial charge < -0.3 is 4.90 Å². The van der Waals surface area contributed by atoms with Gasteiger partial charge in [0.05, 0.1) is 5.88 Å². The summed E-state index contributed by atoms with van der Waals surface area (Å²) in [6, 6.07) is 2.73. The molecule has 17 heavy (non-hydrogen) atoms. The zero-order valence-electron chi connectivity index (χ0n) is 10.1. The molecule has 2 rings (SSSR count). The Hall–Kier alpha value is -0.280. The number of pyridine rings is 1.